The van der Waals surface area contributed by atoms with Crippen molar-refractivity contribution in [1.82, 2.24) is 19.8 Å². The number of nitrogens with zero attached hydrogens (tertiary/aromatic N) is 4. The third-order valence-corrected chi connectivity index (χ3v) is 6.68. The molecule has 0 saturated carbocycles. The zero-order valence-electron chi connectivity index (χ0n) is 19.6. The van der Waals surface area contributed by atoms with Gasteiger partial charge in [-0.3, -0.25) is 4.79 Å². The Morgan fingerprint density at radius 2 is 2.03 bits per heavy atom. The first-order valence-corrected chi connectivity index (χ1v) is 11.7. The first kappa shape index (κ1) is 22.5. The van der Waals surface area contributed by atoms with E-state index in [1.54, 1.807) is 14.0 Å². The van der Waals surface area contributed by atoms with Crippen LogP contribution in [-0.4, -0.2) is 66.0 Å². The van der Waals surface area contributed by atoms with Gasteiger partial charge in [0.25, 0.3) is 0 Å². The number of carbonyl (C=O) groups excluding carboxylic acids is 1. The third-order valence-electron chi connectivity index (χ3n) is 6.68. The van der Waals surface area contributed by atoms with Crippen LogP contribution < -0.4 is 10.1 Å². The van der Waals surface area contributed by atoms with E-state index in [0.717, 1.165) is 86.9 Å². The molecule has 32 heavy (non-hydrogen) atoms. The monoisotopic (exact) mass is 437 g/mol. The molecule has 0 unspecified atom stereocenters. The van der Waals surface area contributed by atoms with Gasteiger partial charge in [0.15, 0.2) is 0 Å². The minimum absolute atomic E-state index is 0.110. The lowest BCUT2D eigenvalue weighted by Crippen LogP contribution is -2.36. The number of methoxy groups -OCH3 is 1. The second-order valence-corrected chi connectivity index (χ2v) is 9.01. The molecular weight excluding hydrogens is 402 g/mol. The van der Waals surface area contributed by atoms with Crippen LogP contribution in [0.15, 0.2) is 24.3 Å². The molecule has 2 aliphatic rings. The Morgan fingerprint density at radius 3 is 2.78 bits per heavy atom. The number of aryl methyl sites for hydroxylation is 1. The highest BCUT2D eigenvalue weighted by Crippen LogP contribution is 2.30. The smallest absolute Gasteiger partial charge is 0.219 e. The van der Waals surface area contributed by atoms with E-state index >= 15 is 0 Å². The van der Waals surface area contributed by atoms with Crippen LogP contribution in [0.5, 0.6) is 5.75 Å². The number of hydrogen-bond donors (Lipinski definition) is 1. The van der Waals surface area contributed by atoms with E-state index in [9.17, 15) is 4.79 Å². The van der Waals surface area contributed by atoms with E-state index < -0.39 is 0 Å². The highest BCUT2D eigenvalue weighted by Gasteiger charge is 2.27. The van der Waals surface area contributed by atoms with Gasteiger partial charge in [-0.2, -0.15) is 0 Å². The van der Waals surface area contributed by atoms with Gasteiger partial charge in [0, 0.05) is 37.9 Å². The number of aromatic nitrogens is 2. The molecule has 1 aromatic heterocycles. The topological polar surface area (TPSA) is 70.6 Å². The van der Waals surface area contributed by atoms with E-state index in [1.165, 1.54) is 5.56 Å². The summed E-state index contributed by atoms with van der Waals surface area (Å²) in [5.41, 5.74) is 3.47. The SMILES string of the molecule is COc1cccc(CCCNc2nc(C3CCN(C)CC3)nc3c2CN(C(C)=O)CC3)c1. The molecular formula is C25H35N5O2. The van der Waals surface area contributed by atoms with Gasteiger partial charge >= 0.3 is 0 Å². The summed E-state index contributed by atoms with van der Waals surface area (Å²) in [6.45, 7) is 5.98. The van der Waals surface area contributed by atoms with Gasteiger partial charge in [-0.15, -0.1) is 0 Å². The highest BCUT2D eigenvalue weighted by atomic mass is 16.5. The molecule has 1 N–H and O–H groups in total. The van der Waals surface area contributed by atoms with Crippen molar-refractivity contribution in [2.75, 3.05) is 45.7 Å². The van der Waals surface area contributed by atoms with Gasteiger partial charge in [-0.05, 0) is 63.5 Å². The number of fused-ring (bicyclic) bond motifs is 1. The zero-order valence-corrected chi connectivity index (χ0v) is 19.6. The van der Waals surface area contributed by atoms with Crippen LogP contribution in [0, 0.1) is 0 Å². The predicted molar refractivity (Wildman–Crippen MR) is 126 cm³/mol. The molecule has 0 bridgehead atoms. The molecule has 0 aliphatic carbocycles. The molecule has 7 heteroatoms. The Kier molecular flexibility index (Phi) is 7.25. The van der Waals surface area contributed by atoms with Crippen molar-refractivity contribution in [3.05, 3.63) is 46.9 Å². The predicted octanol–water partition coefficient (Wildman–Crippen LogP) is 3.24. The number of rotatable bonds is 7. The molecule has 0 spiro atoms. The lowest BCUT2D eigenvalue weighted by Gasteiger charge is -2.31. The van der Waals surface area contributed by atoms with Crippen molar-refractivity contribution >= 4 is 11.7 Å². The zero-order chi connectivity index (χ0) is 22.5. The van der Waals surface area contributed by atoms with Crippen LogP contribution in [0.3, 0.4) is 0 Å². The number of amides is 1. The molecule has 1 fully saturated rings. The molecule has 1 saturated heterocycles. The number of nitrogens with one attached hydrogen (secondary N) is 1. The van der Waals surface area contributed by atoms with Crippen molar-refractivity contribution in [2.45, 2.75) is 51.5 Å². The Hall–Kier alpha value is -2.67. The van der Waals surface area contributed by atoms with Crippen LogP contribution >= 0.6 is 0 Å². The summed E-state index contributed by atoms with van der Waals surface area (Å²) < 4.78 is 5.33. The summed E-state index contributed by atoms with van der Waals surface area (Å²) in [5, 5.41) is 3.59. The molecule has 1 amide bonds. The molecule has 2 aliphatic heterocycles. The molecule has 4 rings (SSSR count). The quantitative estimate of drug-likeness (QED) is 0.671. The third kappa shape index (κ3) is 5.38. The maximum absolute atomic E-state index is 12.0. The average molecular weight is 438 g/mol. The van der Waals surface area contributed by atoms with E-state index in [-0.39, 0.29) is 5.91 Å². The molecule has 0 atom stereocenters. The van der Waals surface area contributed by atoms with Crippen LogP contribution in [0.2, 0.25) is 0 Å². The summed E-state index contributed by atoms with van der Waals surface area (Å²) in [7, 11) is 3.88. The van der Waals surface area contributed by atoms with Crippen LogP contribution in [-0.2, 0) is 24.2 Å². The molecule has 7 nitrogen and oxygen atoms in total. The Balaban J connectivity index is 1.48. The largest absolute Gasteiger partial charge is 0.497 e. The molecule has 1 aromatic carbocycles. The first-order valence-electron chi connectivity index (χ1n) is 11.7. The van der Waals surface area contributed by atoms with Gasteiger partial charge in [-0.25, -0.2) is 9.97 Å². The van der Waals surface area contributed by atoms with E-state index in [4.69, 9.17) is 14.7 Å². The second-order valence-electron chi connectivity index (χ2n) is 9.01. The maximum atomic E-state index is 12.0. The molecule has 172 valence electrons. The van der Waals surface area contributed by atoms with Gasteiger partial charge in [0.05, 0.1) is 19.3 Å². The van der Waals surface area contributed by atoms with Gasteiger partial charge in [-0.1, -0.05) is 12.1 Å². The fraction of sp³-hybridized carbons (Fsp3) is 0.560. The Bertz CT molecular complexity index is 940. The number of benzene rings is 1. The van der Waals surface area contributed by atoms with E-state index in [2.05, 4.69) is 29.4 Å². The number of ether oxygens (including phenoxy) is 1. The van der Waals surface area contributed by atoms with Gasteiger partial charge < -0.3 is 19.9 Å². The summed E-state index contributed by atoms with van der Waals surface area (Å²) in [5.74, 6) is 3.31. The van der Waals surface area contributed by atoms with E-state index in [1.807, 2.05) is 17.0 Å². The van der Waals surface area contributed by atoms with Crippen LogP contribution in [0.4, 0.5) is 5.82 Å². The van der Waals surface area contributed by atoms with Crippen molar-refractivity contribution in [3.63, 3.8) is 0 Å². The number of piperidine rings is 1. The Labute approximate surface area is 191 Å². The van der Waals surface area contributed by atoms with E-state index in [0.29, 0.717) is 12.5 Å². The molecule has 3 heterocycles. The molecule has 0 radical (unpaired) electrons. The summed E-state index contributed by atoms with van der Waals surface area (Å²) in [4.78, 5) is 26.2. The highest BCUT2D eigenvalue weighted by molar-refractivity contribution is 5.74. The first-order chi connectivity index (χ1) is 15.5. The summed E-state index contributed by atoms with van der Waals surface area (Å²) in [6, 6.07) is 8.24. The lowest BCUT2D eigenvalue weighted by atomic mass is 9.95. The second kappa shape index (κ2) is 10.3. The summed E-state index contributed by atoms with van der Waals surface area (Å²) >= 11 is 0. The summed E-state index contributed by atoms with van der Waals surface area (Å²) in [6.07, 6.45) is 4.97. The lowest BCUT2D eigenvalue weighted by molar-refractivity contribution is -0.129. The number of hydrogen-bond acceptors (Lipinski definition) is 6. The number of anilines is 1. The van der Waals surface area contributed by atoms with Gasteiger partial charge in [0.1, 0.15) is 17.4 Å². The van der Waals surface area contributed by atoms with Crippen LogP contribution in [0.25, 0.3) is 0 Å². The minimum atomic E-state index is 0.110. The van der Waals surface area contributed by atoms with Crippen molar-refractivity contribution in [3.8, 4) is 5.75 Å². The fourth-order valence-electron chi connectivity index (χ4n) is 4.62. The van der Waals surface area contributed by atoms with Crippen molar-refractivity contribution in [1.29, 1.82) is 0 Å². The van der Waals surface area contributed by atoms with Gasteiger partial charge in [0.2, 0.25) is 5.91 Å². The maximum Gasteiger partial charge on any atom is 0.219 e. The van der Waals surface area contributed by atoms with Crippen LogP contribution in [0.1, 0.15) is 54.7 Å². The normalized spacial score (nSPS) is 17.2. The van der Waals surface area contributed by atoms with Crippen molar-refractivity contribution < 1.29 is 9.53 Å². The Morgan fingerprint density at radius 1 is 1.22 bits per heavy atom. The molecule has 2 aromatic rings. The fourth-order valence-corrected chi connectivity index (χ4v) is 4.62. The average Bonchev–Trinajstić information content (AvgIpc) is 2.81. The number of likely N-dealkylation sites (tertiary alicyclic amines) is 1. The standard InChI is InChI=1S/C25H35N5O2/c1-18(31)30-15-11-23-22(17-30)25(28-24(27-23)20-9-13-29(2)14-10-20)26-12-5-7-19-6-4-8-21(16-19)32-3/h4,6,8,16,20H,5,7,9-15,17H2,1-3H3,(H,26,27,28). The number of carbonyl (C=O) groups is 1. The van der Waals surface area contributed by atoms with Crippen molar-refractivity contribution in [2.24, 2.45) is 0 Å². The minimum Gasteiger partial charge on any atom is -0.497 e.